The number of hydrogen-bond donors (Lipinski definition) is 0. The second-order valence-electron chi connectivity index (χ2n) is 9.53. The quantitative estimate of drug-likeness (QED) is 0.774. The van der Waals surface area contributed by atoms with E-state index in [0.717, 1.165) is 17.8 Å². The van der Waals surface area contributed by atoms with Crippen LogP contribution in [0, 0.1) is 17.8 Å². The van der Waals surface area contributed by atoms with Gasteiger partial charge in [0.2, 0.25) is 0 Å². The second-order valence-corrected chi connectivity index (χ2v) is 9.53. The standard InChI is InChI=1S/C18H35N3/c1-17(2,3)20-9-7-19(8-10-20)11-14-15-12-21(13-16(14)15)18(4,5)6/h14-16H,7-13H2,1-6H3/t14-,15-,16+. The minimum Gasteiger partial charge on any atom is -0.300 e. The van der Waals surface area contributed by atoms with Gasteiger partial charge in [-0.15, -0.1) is 0 Å². The minimum atomic E-state index is 0.343. The van der Waals surface area contributed by atoms with Crippen molar-refractivity contribution in [3.63, 3.8) is 0 Å². The summed E-state index contributed by atoms with van der Waals surface area (Å²) in [5.74, 6) is 3.01. The van der Waals surface area contributed by atoms with Crippen LogP contribution in [0.4, 0.5) is 0 Å². The summed E-state index contributed by atoms with van der Waals surface area (Å²) >= 11 is 0. The normalized spacial score (nSPS) is 36.0. The van der Waals surface area contributed by atoms with E-state index in [-0.39, 0.29) is 0 Å². The Morgan fingerprint density at radius 1 is 0.714 bits per heavy atom. The maximum absolute atomic E-state index is 2.73. The maximum atomic E-state index is 2.73. The molecule has 3 nitrogen and oxygen atoms in total. The first kappa shape index (κ1) is 15.8. The van der Waals surface area contributed by atoms with Crippen molar-refractivity contribution in [2.75, 3.05) is 45.8 Å². The second kappa shape index (κ2) is 5.21. The van der Waals surface area contributed by atoms with Crippen molar-refractivity contribution in [3.8, 4) is 0 Å². The van der Waals surface area contributed by atoms with E-state index in [4.69, 9.17) is 0 Å². The molecule has 122 valence electrons. The van der Waals surface area contributed by atoms with Crippen LogP contribution in [-0.4, -0.2) is 71.6 Å². The van der Waals surface area contributed by atoms with Gasteiger partial charge in [0.1, 0.15) is 0 Å². The largest absolute Gasteiger partial charge is 0.300 e. The lowest BCUT2D eigenvalue weighted by molar-refractivity contribution is 0.0562. The molecule has 3 rings (SSSR count). The first-order valence-corrected chi connectivity index (χ1v) is 8.89. The third kappa shape index (κ3) is 3.30. The van der Waals surface area contributed by atoms with Crippen LogP contribution in [0.5, 0.6) is 0 Å². The third-order valence-corrected chi connectivity index (χ3v) is 6.11. The van der Waals surface area contributed by atoms with E-state index in [1.165, 1.54) is 45.8 Å². The van der Waals surface area contributed by atoms with E-state index in [1.807, 2.05) is 0 Å². The molecule has 21 heavy (non-hydrogen) atoms. The molecular weight excluding hydrogens is 258 g/mol. The molecule has 0 bridgehead atoms. The summed E-state index contributed by atoms with van der Waals surface area (Å²) in [6, 6.07) is 0. The number of rotatable bonds is 2. The molecule has 2 aliphatic heterocycles. The van der Waals surface area contributed by atoms with Crippen molar-refractivity contribution < 1.29 is 0 Å². The molecule has 1 aliphatic carbocycles. The zero-order valence-corrected chi connectivity index (χ0v) is 15.0. The fraction of sp³-hybridized carbons (Fsp3) is 1.00. The lowest BCUT2D eigenvalue weighted by atomic mass is 10.0. The monoisotopic (exact) mass is 293 g/mol. The van der Waals surface area contributed by atoms with Gasteiger partial charge in [-0.2, -0.15) is 0 Å². The number of fused-ring (bicyclic) bond motifs is 1. The zero-order chi connectivity index (χ0) is 15.4. The van der Waals surface area contributed by atoms with Crippen molar-refractivity contribution in [1.29, 1.82) is 0 Å². The van der Waals surface area contributed by atoms with Gasteiger partial charge in [0, 0.05) is 56.9 Å². The van der Waals surface area contributed by atoms with Gasteiger partial charge in [0.05, 0.1) is 0 Å². The molecule has 3 fully saturated rings. The van der Waals surface area contributed by atoms with E-state index in [1.54, 1.807) is 0 Å². The molecule has 2 heterocycles. The highest BCUT2D eigenvalue weighted by Crippen LogP contribution is 2.53. The summed E-state index contributed by atoms with van der Waals surface area (Å²) in [6.45, 7) is 23.2. The molecule has 2 saturated heterocycles. The van der Waals surface area contributed by atoms with Gasteiger partial charge in [0.25, 0.3) is 0 Å². The molecule has 0 amide bonds. The number of piperazine rings is 1. The summed E-state index contributed by atoms with van der Waals surface area (Å²) < 4.78 is 0. The van der Waals surface area contributed by atoms with Crippen LogP contribution >= 0.6 is 0 Å². The fourth-order valence-electron chi connectivity index (χ4n) is 4.37. The predicted octanol–water partition coefficient (Wildman–Crippen LogP) is 2.38. The number of hydrogen-bond acceptors (Lipinski definition) is 3. The van der Waals surface area contributed by atoms with E-state index in [9.17, 15) is 0 Å². The van der Waals surface area contributed by atoms with Gasteiger partial charge < -0.3 is 4.90 Å². The molecule has 3 aliphatic rings. The molecule has 0 N–H and O–H groups in total. The molecule has 0 spiro atoms. The Bertz CT molecular complexity index is 347. The molecule has 1 saturated carbocycles. The SMILES string of the molecule is CC(C)(C)N1CCN(C[C@@H]2[C@H]3CN(C(C)(C)C)C[C@@H]23)CC1. The third-order valence-electron chi connectivity index (χ3n) is 6.11. The summed E-state index contributed by atoms with van der Waals surface area (Å²) in [5.41, 5.74) is 0.714. The Morgan fingerprint density at radius 3 is 1.62 bits per heavy atom. The lowest BCUT2D eigenvalue weighted by Gasteiger charge is -2.42. The molecule has 3 heteroatoms. The van der Waals surface area contributed by atoms with E-state index in [0.29, 0.717) is 11.1 Å². The Kier molecular flexibility index (Phi) is 3.91. The number of nitrogens with zero attached hydrogens (tertiary/aromatic N) is 3. The maximum Gasteiger partial charge on any atom is 0.0126 e. The average Bonchev–Trinajstić information content (AvgIpc) is 2.82. The molecule has 0 radical (unpaired) electrons. The van der Waals surface area contributed by atoms with Crippen LogP contribution in [0.2, 0.25) is 0 Å². The Labute approximate surface area is 131 Å². The first-order valence-electron chi connectivity index (χ1n) is 8.89. The molecule has 0 aromatic carbocycles. The average molecular weight is 293 g/mol. The van der Waals surface area contributed by atoms with Gasteiger partial charge in [0.15, 0.2) is 0 Å². The number of piperidine rings is 1. The highest BCUT2D eigenvalue weighted by atomic mass is 15.3. The van der Waals surface area contributed by atoms with Crippen molar-refractivity contribution in [2.45, 2.75) is 52.6 Å². The van der Waals surface area contributed by atoms with Gasteiger partial charge in [-0.05, 0) is 59.3 Å². The van der Waals surface area contributed by atoms with Crippen LogP contribution < -0.4 is 0 Å². The van der Waals surface area contributed by atoms with Crippen molar-refractivity contribution in [1.82, 2.24) is 14.7 Å². The molecule has 3 atom stereocenters. The van der Waals surface area contributed by atoms with Crippen molar-refractivity contribution in [2.24, 2.45) is 17.8 Å². The highest BCUT2D eigenvalue weighted by molar-refractivity contribution is 5.08. The van der Waals surface area contributed by atoms with Crippen LogP contribution in [0.3, 0.4) is 0 Å². The topological polar surface area (TPSA) is 9.72 Å². The van der Waals surface area contributed by atoms with Crippen molar-refractivity contribution in [3.05, 3.63) is 0 Å². The predicted molar refractivity (Wildman–Crippen MR) is 89.6 cm³/mol. The van der Waals surface area contributed by atoms with E-state index in [2.05, 4.69) is 56.2 Å². The fourth-order valence-corrected chi connectivity index (χ4v) is 4.37. The van der Waals surface area contributed by atoms with Gasteiger partial charge in [-0.1, -0.05) is 0 Å². The van der Waals surface area contributed by atoms with Crippen LogP contribution in [0.1, 0.15) is 41.5 Å². The summed E-state index contributed by atoms with van der Waals surface area (Å²) in [6.07, 6.45) is 0. The van der Waals surface area contributed by atoms with Gasteiger partial charge in [-0.3, -0.25) is 9.80 Å². The zero-order valence-electron chi connectivity index (χ0n) is 15.0. The van der Waals surface area contributed by atoms with Crippen LogP contribution in [-0.2, 0) is 0 Å². The Morgan fingerprint density at radius 2 is 1.19 bits per heavy atom. The van der Waals surface area contributed by atoms with E-state index >= 15 is 0 Å². The molecule has 0 unspecified atom stereocenters. The Balaban J connectivity index is 1.42. The first-order chi connectivity index (χ1) is 9.66. The highest BCUT2D eigenvalue weighted by Gasteiger charge is 2.57. The van der Waals surface area contributed by atoms with Gasteiger partial charge >= 0.3 is 0 Å². The lowest BCUT2D eigenvalue weighted by Crippen LogP contribution is -2.53. The van der Waals surface area contributed by atoms with Gasteiger partial charge in [-0.25, -0.2) is 0 Å². The molecular formula is C18H35N3. The van der Waals surface area contributed by atoms with E-state index < -0.39 is 0 Å². The number of likely N-dealkylation sites (tertiary alicyclic amines) is 1. The van der Waals surface area contributed by atoms with Crippen LogP contribution in [0.15, 0.2) is 0 Å². The smallest absolute Gasteiger partial charge is 0.0126 e. The molecule has 0 aromatic rings. The van der Waals surface area contributed by atoms with Crippen molar-refractivity contribution >= 4 is 0 Å². The summed E-state index contributed by atoms with van der Waals surface area (Å²) in [7, 11) is 0. The summed E-state index contributed by atoms with van der Waals surface area (Å²) in [5, 5.41) is 0. The molecule has 0 aromatic heterocycles. The minimum absolute atomic E-state index is 0.343. The van der Waals surface area contributed by atoms with Crippen LogP contribution in [0.25, 0.3) is 0 Å². The summed E-state index contributed by atoms with van der Waals surface area (Å²) in [4.78, 5) is 8.06. The Hall–Kier alpha value is -0.120.